The summed E-state index contributed by atoms with van der Waals surface area (Å²) in [6.07, 6.45) is 0.286. The lowest BCUT2D eigenvalue weighted by Gasteiger charge is -1.97. The van der Waals surface area contributed by atoms with E-state index in [9.17, 15) is 9.59 Å². The maximum Gasteiger partial charge on any atom is 0.412 e. The number of nitrogens with one attached hydrogen (secondary N) is 2. The molecular formula is C6H5N5O3. The van der Waals surface area contributed by atoms with Crippen LogP contribution in [0.1, 0.15) is 0 Å². The number of ether oxygens (including phenoxy) is 1. The molecule has 0 aliphatic heterocycles. The molecule has 0 spiro atoms. The molecule has 0 saturated heterocycles. The minimum Gasteiger partial charge on any atom is -0.376 e. The maximum atomic E-state index is 11.2. The van der Waals surface area contributed by atoms with Crippen molar-refractivity contribution in [3.8, 4) is 6.01 Å². The predicted molar refractivity (Wildman–Crippen MR) is 44.7 cm³/mol. The highest BCUT2D eigenvalue weighted by atomic mass is 16.6. The highest BCUT2D eigenvalue weighted by Gasteiger charge is 2.07. The Balaban J connectivity index is 2.58. The van der Waals surface area contributed by atoms with Crippen molar-refractivity contribution in [1.82, 2.24) is 20.2 Å². The van der Waals surface area contributed by atoms with Crippen molar-refractivity contribution in [3.05, 3.63) is 16.6 Å². The second kappa shape index (κ2) is 2.83. The Labute approximate surface area is 76.1 Å². The molecule has 8 heteroatoms. The number of fused-ring (bicyclic) bond motifs is 1. The molecule has 1 amide bonds. The third-order valence-electron chi connectivity index (χ3n) is 1.49. The topological polar surface area (TPSA) is 127 Å². The zero-order valence-corrected chi connectivity index (χ0v) is 6.77. The number of H-pyrrole nitrogens is 2. The number of aromatic amines is 2. The van der Waals surface area contributed by atoms with Crippen LogP contribution in [0.15, 0.2) is 11.0 Å². The third-order valence-corrected chi connectivity index (χ3v) is 1.49. The van der Waals surface area contributed by atoms with Gasteiger partial charge in [-0.15, -0.1) is 0 Å². The lowest BCUT2D eigenvalue weighted by molar-refractivity contribution is 0.207. The molecule has 8 nitrogen and oxygen atoms in total. The van der Waals surface area contributed by atoms with Gasteiger partial charge >= 0.3 is 12.1 Å². The molecule has 0 fully saturated rings. The van der Waals surface area contributed by atoms with Crippen LogP contribution in [0.3, 0.4) is 0 Å². The van der Waals surface area contributed by atoms with E-state index in [1.165, 1.54) is 6.20 Å². The lowest BCUT2D eigenvalue weighted by atomic mass is 10.5. The van der Waals surface area contributed by atoms with Gasteiger partial charge in [-0.25, -0.2) is 4.79 Å². The van der Waals surface area contributed by atoms with Crippen LogP contribution in [0.5, 0.6) is 6.01 Å². The van der Waals surface area contributed by atoms with Crippen molar-refractivity contribution >= 4 is 17.1 Å². The van der Waals surface area contributed by atoms with Gasteiger partial charge in [-0.3, -0.25) is 14.9 Å². The van der Waals surface area contributed by atoms with Gasteiger partial charge in [-0.2, -0.15) is 10.1 Å². The molecule has 0 bridgehead atoms. The number of carbonyl (C=O) groups excluding carboxylic acids is 1. The van der Waals surface area contributed by atoms with Gasteiger partial charge < -0.3 is 10.5 Å². The molecule has 72 valence electrons. The van der Waals surface area contributed by atoms with E-state index in [1.54, 1.807) is 0 Å². The van der Waals surface area contributed by atoms with Crippen LogP contribution in [-0.4, -0.2) is 26.3 Å². The Kier molecular flexibility index (Phi) is 1.67. The molecular weight excluding hydrogens is 190 g/mol. The van der Waals surface area contributed by atoms with Crippen molar-refractivity contribution in [3.63, 3.8) is 0 Å². The van der Waals surface area contributed by atoms with Crippen LogP contribution in [0, 0.1) is 0 Å². The molecule has 2 aromatic rings. The number of primary amides is 1. The van der Waals surface area contributed by atoms with Crippen LogP contribution in [0.2, 0.25) is 0 Å². The fourth-order valence-electron chi connectivity index (χ4n) is 0.972. The Morgan fingerprint density at radius 2 is 2.36 bits per heavy atom. The van der Waals surface area contributed by atoms with E-state index in [1.807, 2.05) is 0 Å². The summed E-state index contributed by atoms with van der Waals surface area (Å²) in [7, 11) is 0. The van der Waals surface area contributed by atoms with Crippen molar-refractivity contribution in [2.45, 2.75) is 0 Å². The van der Waals surface area contributed by atoms with E-state index in [0.717, 1.165) is 0 Å². The molecule has 0 saturated carbocycles. The van der Waals surface area contributed by atoms with Gasteiger partial charge in [0.05, 0.1) is 6.20 Å². The van der Waals surface area contributed by atoms with Gasteiger partial charge in [0.25, 0.3) is 5.56 Å². The largest absolute Gasteiger partial charge is 0.412 e. The minimum atomic E-state index is -1.05. The molecule has 2 aromatic heterocycles. The number of nitrogens with zero attached hydrogens (tertiary/aromatic N) is 2. The minimum absolute atomic E-state index is 0.210. The molecule has 2 heterocycles. The van der Waals surface area contributed by atoms with Crippen LogP contribution < -0.4 is 16.0 Å². The third kappa shape index (κ3) is 1.28. The van der Waals surface area contributed by atoms with Crippen LogP contribution >= 0.6 is 0 Å². The number of nitrogens with two attached hydrogens (primary N) is 1. The Morgan fingerprint density at radius 1 is 1.57 bits per heavy atom. The summed E-state index contributed by atoms with van der Waals surface area (Å²) in [6, 6.07) is -0.253. The number of rotatable bonds is 1. The molecule has 0 aliphatic rings. The molecule has 4 N–H and O–H groups in total. The lowest BCUT2D eigenvalue weighted by Crippen LogP contribution is -2.20. The molecule has 14 heavy (non-hydrogen) atoms. The number of hydrogen-bond acceptors (Lipinski definition) is 5. The Bertz CT molecular complexity index is 542. The fourth-order valence-corrected chi connectivity index (χ4v) is 0.972. The second-order valence-electron chi connectivity index (χ2n) is 2.42. The van der Waals surface area contributed by atoms with Crippen molar-refractivity contribution < 1.29 is 9.53 Å². The van der Waals surface area contributed by atoms with E-state index in [2.05, 4.69) is 24.9 Å². The average molecular weight is 195 g/mol. The zero-order valence-electron chi connectivity index (χ0n) is 6.77. The molecule has 2 rings (SSSR count). The van der Waals surface area contributed by atoms with E-state index in [4.69, 9.17) is 5.73 Å². The van der Waals surface area contributed by atoms with Gasteiger partial charge in [0.15, 0.2) is 0 Å². The molecule has 0 atom stereocenters. The summed E-state index contributed by atoms with van der Waals surface area (Å²) in [4.78, 5) is 27.6. The quantitative estimate of drug-likeness (QED) is 0.543. The smallest absolute Gasteiger partial charge is 0.376 e. The normalized spacial score (nSPS) is 10.3. The van der Waals surface area contributed by atoms with Gasteiger partial charge in [0, 0.05) is 0 Å². The molecule has 0 unspecified atom stereocenters. The zero-order chi connectivity index (χ0) is 10.1. The number of amides is 1. The Morgan fingerprint density at radius 3 is 3.07 bits per heavy atom. The van der Waals surface area contributed by atoms with E-state index in [0.29, 0.717) is 5.52 Å². The summed E-state index contributed by atoms with van der Waals surface area (Å²) in [5, 5.41) is 6.04. The summed E-state index contributed by atoms with van der Waals surface area (Å²) >= 11 is 0. The summed E-state index contributed by atoms with van der Waals surface area (Å²) in [6.45, 7) is 0. The average Bonchev–Trinajstić information content (AvgIpc) is 2.50. The van der Waals surface area contributed by atoms with Crippen molar-refractivity contribution in [1.29, 1.82) is 0 Å². The van der Waals surface area contributed by atoms with Gasteiger partial charge in [0.2, 0.25) is 0 Å². The number of carbonyl (C=O) groups is 1. The van der Waals surface area contributed by atoms with Gasteiger partial charge in [-0.05, 0) is 0 Å². The predicted octanol–water partition coefficient (Wildman–Crippen LogP) is -0.896. The van der Waals surface area contributed by atoms with Crippen molar-refractivity contribution in [2.75, 3.05) is 0 Å². The van der Waals surface area contributed by atoms with E-state index < -0.39 is 11.7 Å². The highest BCUT2D eigenvalue weighted by molar-refractivity contribution is 5.73. The summed E-state index contributed by atoms with van der Waals surface area (Å²) in [5.41, 5.74) is 4.77. The summed E-state index contributed by atoms with van der Waals surface area (Å²) < 4.78 is 4.40. The van der Waals surface area contributed by atoms with Crippen LogP contribution in [0.4, 0.5) is 4.79 Å². The van der Waals surface area contributed by atoms with Crippen LogP contribution in [0.25, 0.3) is 11.0 Å². The van der Waals surface area contributed by atoms with Crippen molar-refractivity contribution in [2.24, 2.45) is 5.73 Å². The first kappa shape index (κ1) is 8.23. The molecule has 0 aliphatic carbocycles. The summed E-state index contributed by atoms with van der Waals surface area (Å²) in [5.74, 6) is 0. The first-order valence-electron chi connectivity index (χ1n) is 3.57. The van der Waals surface area contributed by atoms with Crippen LogP contribution in [-0.2, 0) is 0 Å². The first-order chi connectivity index (χ1) is 6.66. The standard InChI is InChI=1S/C6H5N5O3/c7-5(13)14-6-9-2-1-8-11-3(2)4(12)10-6/h1H,(H2,7,13)(H,8,11)(H,9,10,12). The number of hydrogen-bond donors (Lipinski definition) is 3. The van der Waals surface area contributed by atoms with E-state index >= 15 is 0 Å². The van der Waals surface area contributed by atoms with Gasteiger partial charge in [0.1, 0.15) is 11.0 Å². The number of aromatic nitrogens is 4. The second-order valence-corrected chi connectivity index (χ2v) is 2.42. The highest BCUT2D eigenvalue weighted by Crippen LogP contribution is 2.05. The van der Waals surface area contributed by atoms with Gasteiger partial charge in [-0.1, -0.05) is 0 Å². The van der Waals surface area contributed by atoms with E-state index in [-0.39, 0.29) is 11.5 Å². The first-order valence-corrected chi connectivity index (χ1v) is 3.57. The monoisotopic (exact) mass is 195 g/mol. The Hall–Kier alpha value is -2.38. The molecule has 0 radical (unpaired) electrons. The maximum absolute atomic E-state index is 11.2. The SMILES string of the molecule is NC(=O)Oc1nc2cn[nH]c2c(=O)[nH]1. The molecule has 0 aromatic carbocycles. The fraction of sp³-hybridized carbons (Fsp3) is 0.